The molecule has 0 radical (unpaired) electrons. The second kappa shape index (κ2) is 10.2. The van der Waals surface area contributed by atoms with E-state index in [9.17, 15) is 0 Å². The van der Waals surface area contributed by atoms with Gasteiger partial charge in [0.25, 0.3) is 0 Å². The lowest BCUT2D eigenvalue weighted by Gasteiger charge is -2.26. The number of para-hydroxylation sites is 1. The van der Waals surface area contributed by atoms with Crippen LogP contribution < -0.4 is 0 Å². The summed E-state index contributed by atoms with van der Waals surface area (Å²) in [6, 6.07) is 57.3. The zero-order chi connectivity index (χ0) is 35.0. The summed E-state index contributed by atoms with van der Waals surface area (Å²) in [5.41, 5.74) is 13.5. The van der Waals surface area contributed by atoms with Gasteiger partial charge in [-0.3, -0.25) is 0 Å². The molecule has 2 aromatic heterocycles. The van der Waals surface area contributed by atoms with Crippen LogP contribution in [-0.2, 0) is 5.41 Å². The Bertz CT molecular complexity index is 3310. The molecule has 0 spiro atoms. The van der Waals surface area contributed by atoms with Gasteiger partial charge in [-0.05, 0) is 90.6 Å². The fraction of sp³-hybridized carbons (Fsp3) is 0.0588. The number of hydrogen-bond acceptors (Lipinski definition) is 2. The van der Waals surface area contributed by atoms with Crippen LogP contribution in [0.2, 0.25) is 0 Å². The molecule has 9 aromatic carbocycles. The van der Waals surface area contributed by atoms with E-state index in [4.69, 9.17) is 8.83 Å². The van der Waals surface area contributed by atoms with E-state index in [1.165, 1.54) is 65.9 Å². The fourth-order valence-electron chi connectivity index (χ4n) is 9.73. The lowest BCUT2D eigenvalue weighted by atomic mass is 9.76. The number of benzene rings is 9. The van der Waals surface area contributed by atoms with Crippen molar-refractivity contribution < 1.29 is 8.83 Å². The van der Waals surface area contributed by atoms with E-state index in [2.05, 4.69) is 159 Å². The van der Waals surface area contributed by atoms with Gasteiger partial charge in [0, 0.05) is 43.5 Å². The summed E-state index contributed by atoms with van der Waals surface area (Å²) in [7, 11) is 0. The minimum atomic E-state index is -0.260. The molecule has 0 aliphatic heterocycles. The van der Waals surface area contributed by atoms with Gasteiger partial charge < -0.3 is 8.83 Å². The molecule has 0 unspecified atom stereocenters. The van der Waals surface area contributed by atoms with Crippen LogP contribution in [0.4, 0.5) is 0 Å². The van der Waals surface area contributed by atoms with Crippen LogP contribution in [0.15, 0.2) is 167 Å². The maximum absolute atomic E-state index is 7.25. The van der Waals surface area contributed by atoms with Crippen molar-refractivity contribution in [2.45, 2.75) is 19.3 Å². The molecule has 12 rings (SSSR count). The molecule has 1 aliphatic carbocycles. The predicted octanol–water partition coefficient (Wildman–Crippen LogP) is 14.6. The van der Waals surface area contributed by atoms with Gasteiger partial charge in [-0.1, -0.05) is 141 Å². The topological polar surface area (TPSA) is 26.3 Å². The molecule has 2 nitrogen and oxygen atoms in total. The van der Waals surface area contributed by atoms with Crippen LogP contribution >= 0.6 is 0 Å². The molecule has 0 N–H and O–H groups in total. The van der Waals surface area contributed by atoms with Crippen LogP contribution in [0.25, 0.3) is 110 Å². The second-order valence-electron chi connectivity index (χ2n) is 15.1. The summed E-state index contributed by atoms with van der Waals surface area (Å²) in [4.78, 5) is 0. The molecule has 0 saturated heterocycles. The van der Waals surface area contributed by atoms with E-state index in [1.807, 2.05) is 12.1 Å². The Morgan fingerprint density at radius 1 is 0.377 bits per heavy atom. The smallest absolute Gasteiger partial charge is 0.143 e. The van der Waals surface area contributed by atoms with Gasteiger partial charge in [0.15, 0.2) is 0 Å². The second-order valence-corrected chi connectivity index (χ2v) is 15.1. The van der Waals surface area contributed by atoms with E-state index < -0.39 is 0 Å². The molecule has 0 bridgehead atoms. The van der Waals surface area contributed by atoms with Crippen LogP contribution in [0, 0.1) is 0 Å². The Hall–Kier alpha value is -6.64. The molecule has 53 heavy (non-hydrogen) atoms. The van der Waals surface area contributed by atoms with E-state index in [1.54, 1.807) is 0 Å². The molecule has 0 saturated carbocycles. The van der Waals surface area contributed by atoms with Crippen molar-refractivity contribution in [2.75, 3.05) is 0 Å². The third-order valence-corrected chi connectivity index (χ3v) is 12.0. The molecule has 248 valence electrons. The average molecular weight is 677 g/mol. The molecular formula is C51H32O2. The van der Waals surface area contributed by atoms with Crippen molar-refractivity contribution in [3.8, 4) is 33.4 Å². The van der Waals surface area contributed by atoms with Crippen molar-refractivity contribution in [1.29, 1.82) is 0 Å². The van der Waals surface area contributed by atoms with Gasteiger partial charge in [-0.25, -0.2) is 0 Å². The molecule has 1 aliphatic rings. The number of fused-ring (bicyclic) bond motifs is 13. The van der Waals surface area contributed by atoms with E-state index in [-0.39, 0.29) is 5.41 Å². The Balaban J connectivity index is 1.26. The Morgan fingerprint density at radius 3 is 1.75 bits per heavy atom. The highest BCUT2D eigenvalue weighted by atomic mass is 16.3. The van der Waals surface area contributed by atoms with E-state index in [0.29, 0.717) is 0 Å². The third kappa shape index (κ3) is 3.77. The highest BCUT2D eigenvalue weighted by Gasteiger charge is 2.40. The summed E-state index contributed by atoms with van der Waals surface area (Å²) >= 11 is 0. The Morgan fingerprint density at radius 2 is 0.981 bits per heavy atom. The van der Waals surface area contributed by atoms with E-state index >= 15 is 0 Å². The van der Waals surface area contributed by atoms with Crippen molar-refractivity contribution in [3.05, 3.63) is 169 Å². The summed E-state index contributed by atoms with van der Waals surface area (Å²) in [5.74, 6) is 0. The third-order valence-electron chi connectivity index (χ3n) is 12.0. The van der Waals surface area contributed by atoms with E-state index in [0.717, 1.165) is 54.8 Å². The Labute approximate surface area is 305 Å². The first-order chi connectivity index (χ1) is 26.1. The predicted molar refractivity (Wildman–Crippen MR) is 222 cm³/mol. The lowest BCUT2D eigenvalue weighted by molar-refractivity contribution is 0.651. The van der Waals surface area contributed by atoms with Gasteiger partial charge in [0.2, 0.25) is 0 Å². The maximum Gasteiger partial charge on any atom is 0.143 e. The van der Waals surface area contributed by atoms with Crippen LogP contribution in [0.1, 0.15) is 25.0 Å². The number of rotatable bonds is 2. The van der Waals surface area contributed by atoms with Crippen molar-refractivity contribution in [1.82, 2.24) is 0 Å². The SMILES string of the molecule is CC1(C)c2ccccc2-c2cc3c(oc4c5ccccc5ccc34)c(-c3c4ccccc4c(-c4ccc5c(c4)oc4ccccc45)c4ccccc34)c21. The quantitative estimate of drug-likeness (QED) is 0.170. The molecule has 2 heterocycles. The summed E-state index contributed by atoms with van der Waals surface area (Å²) in [6.07, 6.45) is 0. The highest BCUT2D eigenvalue weighted by molar-refractivity contribution is 6.27. The summed E-state index contributed by atoms with van der Waals surface area (Å²) in [6.45, 7) is 4.76. The molecule has 0 fully saturated rings. The Kier molecular flexibility index (Phi) is 5.60. The molecule has 0 amide bonds. The van der Waals surface area contributed by atoms with Crippen molar-refractivity contribution >= 4 is 76.2 Å². The highest BCUT2D eigenvalue weighted by Crippen LogP contribution is 2.58. The van der Waals surface area contributed by atoms with Crippen LogP contribution in [0.3, 0.4) is 0 Å². The molecule has 2 heteroatoms. The van der Waals surface area contributed by atoms with Gasteiger partial charge in [0.1, 0.15) is 22.3 Å². The summed E-state index contributed by atoms with van der Waals surface area (Å²) < 4.78 is 13.7. The monoisotopic (exact) mass is 676 g/mol. The van der Waals surface area contributed by atoms with Gasteiger partial charge >= 0.3 is 0 Å². The first-order valence-electron chi connectivity index (χ1n) is 18.4. The zero-order valence-electron chi connectivity index (χ0n) is 29.3. The maximum atomic E-state index is 7.25. The molecule has 0 atom stereocenters. The number of hydrogen-bond donors (Lipinski definition) is 0. The molecular weight excluding hydrogens is 645 g/mol. The fourth-order valence-corrected chi connectivity index (χ4v) is 9.73. The van der Waals surface area contributed by atoms with Crippen molar-refractivity contribution in [3.63, 3.8) is 0 Å². The van der Waals surface area contributed by atoms with Gasteiger partial charge in [-0.2, -0.15) is 0 Å². The number of furan rings is 2. The minimum Gasteiger partial charge on any atom is -0.456 e. The largest absolute Gasteiger partial charge is 0.456 e. The minimum absolute atomic E-state index is 0.260. The first-order valence-corrected chi connectivity index (χ1v) is 18.4. The lowest BCUT2D eigenvalue weighted by Crippen LogP contribution is -2.16. The summed E-state index contributed by atoms with van der Waals surface area (Å²) in [5, 5.41) is 11.7. The van der Waals surface area contributed by atoms with Gasteiger partial charge in [-0.15, -0.1) is 0 Å². The van der Waals surface area contributed by atoms with Crippen LogP contribution in [0.5, 0.6) is 0 Å². The average Bonchev–Trinajstić information content (AvgIpc) is 3.84. The normalized spacial score (nSPS) is 13.6. The van der Waals surface area contributed by atoms with Crippen LogP contribution in [-0.4, -0.2) is 0 Å². The standard InChI is InChI=1S/C51H32O2/c1-51(2)42-21-11-9-15-32(42)40-28-41-39-26-23-29-13-3-4-14-31(29)49(39)53-50(41)47(48(40)51)46-37-19-7-5-17-35(37)45(36-18-6-8-20-38(36)46)30-24-25-34-33-16-10-12-22-43(33)52-44(34)27-30/h3-28H,1-2H3. The molecule has 11 aromatic rings. The first kappa shape index (κ1) is 29.0. The zero-order valence-corrected chi connectivity index (χ0v) is 29.3. The van der Waals surface area contributed by atoms with Crippen molar-refractivity contribution in [2.24, 2.45) is 0 Å². The van der Waals surface area contributed by atoms with Gasteiger partial charge in [0.05, 0.1) is 0 Å².